The zero-order chi connectivity index (χ0) is 16.3. The molecule has 0 aliphatic carbocycles. The van der Waals surface area contributed by atoms with Crippen LogP contribution in [0, 0.1) is 12.8 Å². The Kier molecular flexibility index (Phi) is 7.00. The number of benzene rings is 1. The fraction of sp³-hybridized carbons (Fsp3) is 0.375. The van der Waals surface area contributed by atoms with Gasteiger partial charge < -0.3 is 15.8 Å². The second kappa shape index (κ2) is 8.29. The van der Waals surface area contributed by atoms with E-state index in [4.69, 9.17) is 10.5 Å². The van der Waals surface area contributed by atoms with E-state index in [2.05, 4.69) is 10.3 Å². The minimum absolute atomic E-state index is 0. The van der Waals surface area contributed by atoms with Crippen LogP contribution in [0.3, 0.4) is 0 Å². The summed E-state index contributed by atoms with van der Waals surface area (Å²) in [5.41, 5.74) is 7.62. The fourth-order valence-electron chi connectivity index (χ4n) is 1.92. The van der Waals surface area contributed by atoms with E-state index in [0.717, 1.165) is 21.9 Å². The summed E-state index contributed by atoms with van der Waals surface area (Å²) in [7, 11) is 1.64. The third-order valence-corrected chi connectivity index (χ3v) is 4.48. The minimum Gasteiger partial charge on any atom is -0.497 e. The highest BCUT2D eigenvalue weighted by Crippen LogP contribution is 2.31. The van der Waals surface area contributed by atoms with Crippen LogP contribution in [0.4, 0.5) is 5.13 Å². The molecule has 2 rings (SSSR count). The van der Waals surface area contributed by atoms with Gasteiger partial charge in [0.05, 0.1) is 18.7 Å². The Morgan fingerprint density at radius 3 is 2.43 bits per heavy atom. The van der Waals surface area contributed by atoms with Crippen LogP contribution < -0.4 is 15.8 Å². The molecule has 0 saturated heterocycles. The largest absolute Gasteiger partial charge is 0.497 e. The number of aryl methyl sites for hydroxylation is 1. The number of carbonyl (C=O) groups is 1. The van der Waals surface area contributed by atoms with Crippen LogP contribution in [-0.4, -0.2) is 24.0 Å². The van der Waals surface area contributed by atoms with Crippen molar-refractivity contribution in [1.82, 2.24) is 4.98 Å². The van der Waals surface area contributed by atoms with Crippen molar-refractivity contribution < 1.29 is 9.53 Å². The summed E-state index contributed by atoms with van der Waals surface area (Å²) >= 11 is 1.46. The van der Waals surface area contributed by atoms with E-state index in [-0.39, 0.29) is 30.3 Å². The number of carbonyl (C=O) groups excluding carboxylic acids is 1. The molecule has 0 aliphatic rings. The SMILES string of the molecule is COc1ccc(-c2nc(NC(=O)C(C)C(C)N)sc2C)cc1.Cl. The van der Waals surface area contributed by atoms with Crippen LogP contribution in [0.1, 0.15) is 18.7 Å². The normalized spacial score (nSPS) is 12.9. The first kappa shape index (κ1) is 19.4. The first-order valence-corrected chi connectivity index (χ1v) is 7.92. The van der Waals surface area contributed by atoms with Crippen molar-refractivity contribution in [2.75, 3.05) is 12.4 Å². The van der Waals surface area contributed by atoms with Gasteiger partial charge in [-0.25, -0.2) is 4.98 Å². The van der Waals surface area contributed by atoms with Crippen molar-refractivity contribution in [2.24, 2.45) is 11.7 Å². The Balaban J connectivity index is 0.00000264. The Hall–Kier alpha value is -1.63. The van der Waals surface area contributed by atoms with Gasteiger partial charge in [0.25, 0.3) is 0 Å². The molecule has 23 heavy (non-hydrogen) atoms. The molecule has 7 heteroatoms. The molecule has 0 fully saturated rings. The second-order valence-corrected chi connectivity index (χ2v) is 6.49. The van der Waals surface area contributed by atoms with Gasteiger partial charge in [-0.2, -0.15) is 0 Å². The van der Waals surface area contributed by atoms with E-state index in [1.807, 2.05) is 45.0 Å². The second-order valence-electron chi connectivity index (χ2n) is 5.29. The average Bonchev–Trinajstić information content (AvgIpc) is 2.86. The number of aromatic nitrogens is 1. The van der Waals surface area contributed by atoms with E-state index in [1.165, 1.54) is 11.3 Å². The number of ether oxygens (including phenoxy) is 1. The van der Waals surface area contributed by atoms with Gasteiger partial charge in [-0.15, -0.1) is 23.7 Å². The molecule has 0 bridgehead atoms. The van der Waals surface area contributed by atoms with Crippen molar-refractivity contribution in [2.45, 2.75) is 26.8 Å². The Morgan fingerprint density at radius 2 is 1.91 bits per heavy atom. The highest BCUT2D eigenvalue weighted by atomic mass is 35.5. The molecule has 2 atom stereocenters. The summed E-state index contributed by atoms with van der Waals surface area (Å²) in [4.78, 5) is 17.6. The number of amides is 1. The molecule has 2 aromatic rings. The van der Waals surface area contributed by atoms with Gasteiger partial charge in [-0.1, -0.05) is 6.92 Å². The number of nitrogens with one attached hydrogen (secondary N) is 1. The monoisotopic (exact) mass is 355 g/mol. The summed E-state index contributed by atoms with van der Waals surface area (Å²) in [5, 5.41) is 3.44. The Labute approximate surface area is 146 Å². The molecule has 0 saturated carbocycles. The fourth-order valence-corrected chi connectivity index (χ4v) is 2.76. The summed E-state index contributed by atoms with van der Waals surface area (Å²) in [6.45, 7) is 5.62. The van der Waals surface area contributed by atoms with Crippen molar-refractivity contribution in [3.8, 4) is 17.0 Å². The smallest absolute Gasteiger partial charge is 0.230 e. The molecule has 0 spiro atoms. The summed E-state index contributed by atoms with van der Waals surface area (Å²) in [5.74, 6) is 0.439. The highest BCUT2D eigenvalue weighted by Gasteiger charge is 2.19. The number of methoxy groups -OCH3 is 1. The van der Waals surface area contributed by atoms with Crippen molar-refractivity contribution in [3.63, 3.8) is 0 Å². The van der Waals surface area contributed by atoms with Crippen molar-refractivity contribution in [3.05, 3.63) is 29.1 Å². The molecular weight excluding hydrogens is 334 g/mol. The highest BCUT2D eigenvalue weighted by molar-refractivity contribution is 7.16. The molecule has 1 heterocycles. The number of nitrogens with zero attached hydrogens (tertiary/aromatic N) is 1. The van der Waals surface area contributed by atoms with Crippen LogP contribution >= 0.6 is 23.7 Å². The van der Waals surface area contributed by atoms with E-state index in [1.54, 1.807) is 7.11 Å². The molecule has 0 radical (unpaired) electrons. The molecule has 126 valence electrons. The lowest BCUT2D eigenvalue weighted by Gasteiger charge is -2.13. The first-order chi connectivity index (χ1) is 10.4. The minimum atomic E-state index is -0.256. The summed E-state index contributed by atoms with van der Waals surface area (Å²) in [6, 6.07) is 7.51. The van der Waals surface area contributed by atoms with E-state index < -0.39 is 0 Å². The van der Waals surface area contributed by atoms with E-state index in [9.17, 15) is 4.79 Å². The molecule has 1 aromatic heterocycles. The number of thiazole rings is 1. The molecule has 1 aromatic carbocycles. The van der Waals surface area contributed by atoms with Gasteiger partial charge in [-0.3, -0.25) is 4.79 Å². The number of rotatable bonds is 5. The van der Waals surface area contributed by atoms with Gasteiger partial charge in [0.2, 0.25) is 5.91 Å². The van der Waals surface area contributed by atoms with Crippen molar-refractivity contribution >= 4 is 34.8 Å². The van der Waals surface area contributed by atoms with Crippen LogP contribution in [0.25, 0.3) is 11.3 Å². The maximum atomic E-state index is 12.1. The third-order valence-electron chi connectivity index (χ3n) is 3.59. The van der Waals surface area contributed by atoms with Gasteiger partial charge in [0.15, 0.2) is 5.13 Å². The summed E-state index contributed by atoms with van der Waals surface area (Å²) < 4.78 is 5.16. The number of anilines is 1. The number of hydrogen-bond acceptors (Lipinski definition) is 5. The van der Waals surface area contributed by atoms with E-state index >= 15 is 0 Å². The number of nitrogens with two attached hydrogens (primary N) is 1. The number of halogens is 1. The Morgan fingerprint density at radius 1 is 1.30 bits per heavy atom. The zero-order valence-electron chi connectivity index (χ0n) is 13.6. The predicted molar refractivity (Wildman–Crippen MR) is 97.5 cm³/mol. The van der Waals surface area contributed by atoms with Crippen LogP contribution in [-0.2, 0) is 4.79 Å². The number of hydrogen-bond donors (Lipinski definition) is 2. The maximum absolute atomic E-state index is 12.1. The lowest BCUT2D eigenvalue weighted by molar-refractivity contribution is -0.119. The Bertz CT molecular complexity index is 656. The summed E-state index contributed by atoms with van der Waals surface area (Å²) in [6.07, 6.45) is 0. The van der Waals surface area contributed by atoms with Gasteiger partial charge in [-0.05, 0) is 38.1 Å². The molecule has 3 N–H and O–H groups in total. The van der Waals surface area contributed by atoms with E-state index in [0.29, 0.717) is 5.13 Å². The van der Waals surface area contributed by atoms with Crippen molar-refractivity contribution in [1.29, 1.82) is 0 Å². The van der Waals surface area contributed by atoms with Crippen LogP contribution in [0.5, 0.6) is 5.75 Å². The quantitative estimate of drug-likeness (QED) is 0.860. The van der Waals surface area contributed by atoms with Crippen LogP contribution in [0.2, 0.25) is 0 Å². The van der Waals surface area contributed by atoms with Crippen LogP contribution in [0.15, 0.2) is 24.3 Å². The zero-order valence-corrected chi connectivity index (χ0v) is 15.3. The maximum Gasteiger partial charge on any atom is 0.230 e. The third kappa shape index (κ3) is 4.67. The topological polar surface area (TPSA) is 77.2 Å². The van der Waals surface area contributed by atoms with Gasteiger partial charge >= 0.3 is 0 Å². The predicted octanol–water partition coefficient (Wildman–Crippen LogP) is 3.47. The molecule has 2 unspecified atom stereocenters. The molecule has 5 nitrogen and oxygen atoms in total. The average molecular weight is 356 g/mol. The lowest BCUT2D eigenvalue weighted by Crippen LogP contribution is -2.34. The molecule has 0 aliphatic heterocycles. The molecule has 1 amide bonds. The molecular formula is C16H22ClN3O2S. The lowest BCUT2D eigenvalue weighted by atomic mass is 10.0. The van der Waals surface area contributed by atoms with Gasteiger partial charge in [0, 0.05) is 16.5 Å². The standard InChI is InChI=1S/C16H21N3O2S.ClH/c1-9(10(2)17)15(20)19-16-18-14(11(3)22-16)12-5-7-13(21-4)8-6-12;/h5-10H,17H2,1-4H3,(H,18,19,20);1H. The van der Waals surface area contributed by atoms with Gasteiger partial charge in [0.1, 0.15) is 5.75 Å². The first-order valence-electron chi connectivity index (χ1n) is 7.10.